The van der Waals surface area contributed by atoms with Gasteiger partial charge in [-0.15, -0.1) is 0 Å². The van der Waals surface area contributed by atoms with E-state index in [2.05, 4.69) is 76.9 Å². The van der Waals surface area contributed by atoms with E-state index < -0.39 is 15.9 Å². The molecule has 2 aromatic heterocycles. The van der Waals surface area contributed by atoms with Crippen molar-refractivity contribution in [2.75, 3.05) is 30.3 Å². The molecule has 2 aliphatic heterocycles. The number of nitrogens with zero attached hydrogens (tertiary/aromatic N) is 4. The van der Waals surface area contributed by atoms with Crippen LogP contribution in [0.2, 0.25) is 0 Å². The summed E-state index contributed by atoms with van der Waals surface area (Å²) in [5.74, 6) is 0.150. The molecule has 0 bridgehead atoms. The summed E-state index contributed by atoms with van der Waals surface area (Å²) in [7, 11) is -4.31. The molecule has 44 heavy (non-hydrogen) atoms. The SMILES string of the molecule is CC1CCN(c2nc(C(C)(C)C)c(C3=CCN(C(=O)CC(C)(C)C)CC3)cc2C(=O)NS(=O)(=O)c2cccc(N)n2)C1(C)C. The molecule has 3 N–H and O–H groups in total. The lowest BCUT2D eigenvalue weighted by atomic mass is 9.83. The van der Waals surface area contributed by atoms with Gasteiger partial charge in [0.1, 0.15) is 11.6 Å². The van der Waals surface area contributed by atoms with Crippen LogP contribution in [-0.2, 0) is 20.2 Å². The molecule has 4 heterocycles. The summed E-state index contributed by atoms with van der Waals surface area (Å²) in [4.78, 5) is 40.0. The Labute approximate surface area is 262 Å². The highest BCUT2D eigenvalue weighted by Gasteiger charge is 2.42. The number of rotatable bonds is 6. The third kappa shape index (κ3) is 7.08. The lowest BCUT2D eigenvalue weighted by Gasteiger charge is -2.38. The molecule has 1 unspecified atom stereocenters. The molecule has 1 atom stereocenters. The Kier molecular flexibility index (Phi) is 8.96. The number of carbonyl (C=O) groups is 2. The van der Waals surface area contributed by atoms with Crippen molar-refractivity contribution in [2.45, 2.75) is 97.6 Å². The van der Waals surface area contributed by atoms with Gasteiger partial charge in [-0.3, -0.25) is 9.59 Å². The van der Waals surface area contributed by atoms with Gasteiger partial charge in [0.05, 0.1) is 11.3 Å². The van der Waals surface area contributed by atoms with Crippen molar-refractivity contribution in [2.24, 2.45) is 11.3 Å². The molecule has 1 saturated heterocycles. The van der Waals surface area contributed by atoms with Crippen LogP contribution in [0.1, 0.15) is 103 Å². The molecule has 4 rings (SSSR count). The van der Waals surface area contributed by atoms with Crippen LogP contribution in [0, 0.1) is 11.3 Å². The average molecular weight is 625 g/mol. The van der Waals surface area contributed by atoms with Crippen molar-refractivity contribution < 1.29 is 18.0 Å². The molecular formula is C33H48N6O4S. The van der Waals surface area contributed by atoms with Crippen molar-refractivity contribution in [3.63, 3.8) is 0 Å². The normalized spacial score (nSPS) is 19.1. The molecule has 2 amide bonds. The van der Waals surface area contributed by atoms with Crippen molar-refractivity contribution in [3.05, 3.63) is 47.2 Å². The summed E-state index contributed by atoms with van der Waals surface area (Å²) >= 11 is 0. The van der Waals surface area contributed by atoms with Crippen molar-refractivity contribution in [3.8, 4) is 0 Å². The van der Waals surface area contributed by atoms with Gasteiger partial charge >= 0.3 is 0 Å². The Balaban J connectivity index is 1.83. The molecule has 0 aliphatic carbocycles. The van der Waals surface area contributed by atoms with E-state index in [4.69, 9.17) is 10.7 Å². The van der Waals surface area contributed by atoms with Crippen LogP contribution in [0.15, 0.2) is 35.4 Å². The third-order valence-corrected chi connectivity index (χ3v) is 9.97. The summed E-state index contributed by atoms with van der Waals surface area (Å²) in [5.41, 5.74) is 7.70. The number of nitrogens with one attached hydrogen (secondary N) is 1. The highest BCUT2D eigenvalue weighted by atomic mass is 32.2. The number of anilines is 2. The van der Waals surface area contributed by atoms with Crippen LogP contribution in [0.5, 0.6) is 0 Å². The van der Waals surface area contributed by atoms with Gasteiger partial charge in [-0.2, -0.15) is 8.42 Å². The summed E-state index contributed by atoms with van der Waals surface area (Å²) < 4.78 is 28.7. The van der Waals surface area contributed by atoms with Gasteiger partial charge in [-0.05, 0) is 61.8 Å². The van der Waals surface area contributed by atoms with Crippen LogP contribution in [0.3, 0.4) is 0 Å². The number of sulfonamides is 1. The standard InChI is InChI=1S/C33H48N6O4S/c1-21-13-18-39(33(21,8)9)29-24(30(41)37-44(42,43)26-12-10-11-25(34)35-26)19-23(28(36-29)32(5,6)7)22-14-16-38(17-15-22)27(40)20-31(2,3)4/h10-12,14,19,21H,13,15-18,20H2,1-9H3,(H2,34,35)(H,37,41). The maximum absolute atomic E-state index is 14.0. The summed E-state index contributed by atoms with van der Waals surface area (Å²) in [5, 5.41) is -0.336. The Bertz CT molecular complexity index is 1580. The zero-order valence-corrected chi connectivity index (χ0v) is 28.4. The molecule has 11 heteroatoms. The van der Waals surface area contributed by atoms with Gasteiger partial charge in [0.25, 0.3) is 15.9 Å². The lowest BCUT2D eigenvalue weighted by Crippen LogP contribution is -2.44. The Morgan fingerprint density at radius 2 is 1.77 bits per heavy atom. The number of hydrogen-bond donors (Lipinski definition) is 2. The first-order chi connectivity index (χ1) is 20.2. The molecular weight excluding hydrogens is 576 g/mol. The Morgan fingerprint density at radius 1 is 1.09 bits per heavy atom. The predicted octanol–water partition coefficient (Wildman–Crippen LogP) is 5.15. The summed E-state index contributed by atoms with van der Waals surface area (Å²) in [6, 6.07) is 6.04. The van der Waals surface area contributed by atoms with Crippen LogP contribution >= 0.6 is 0 Å². The second kappa shape index (κ2) is 11.8. The van der Waals surface area contributed by atoms with E-state index >= 15 is 0 Å². The highest BCUT2D eigenvalue weighted by Crippen LogP contribution is 2.42. The Hall–Kier alpha value is -3.47. The first kappa shape index (κ1) is 33.4. The van der Waals surface area contributed by atoms with Crippen LogP contribution in [0.4, 0.5) is 11.6 Å². The maximum atomic E-state index is 14.0. The minimum atomic E-state index is -4.31. The van der Waals surface area contributed by atoms with Crippen LogP contribution in [-0.4, -0.2) is 60.3 Å². The average Bonchev–Trinajstić information content (AvgIpc) is 3.17. The molecule has 0 spiro atoms. The second-order valence-electron chi connectivity index (χ2n) is 14.9. The molecule has 0 aromatic carbocycles. The fourth-order valence-electron chi connectivity index (χ4n) is 5.82. The lowest BCUT2D eigenvalue weighted by molar-refractivity contribution is -0.132. The fraction of sp³-hybridized carbons (Fsp3) is 0.576. The van der Waals surface area contributed by atoms with E-state index in [1.165, 1.54) is 18.2 Å². The fourth-order valence-corrected chi connectivity index (χ4v) is 6.76. The highest BCUT2D eigenvalue weighted by molar-refractivity contribution is 7.90. The minimum absolute atomic E-state index is 0.0339. The van der Waals surface area contributed by atoms with Gasteiger partial charge in [0, 0.05) is 42.6 Å². The van der Waals surface area contributed by atoms with Crippen molar-refractivity contribution in [1.82, 2.24) is 19.6 Å². The number of hydrogen-bond acceptors (Lipinski definition) is 8. The quantitative estimate of drug-likeness (QED) is 0.450. The topological polar surface area (TPSA) is 139 Å². The molecule has 0 saturated carbocycles. The van der Waals surface area contributed by atoms with E-state index in [9.17, 15) is 18.0 Å². The first-order valence-corrected chi connectivity index (χ1v) is 16.8. The van der Waals surface area contributed by atoms with Gasteiger partial charge < -0.3 is 15.5 Å². The predicted molar refractivity (Wildman–Crippen MR) is 175 cm³/mol. The van der Waals surface area contributed by atoms with Crippen molar-refractivity contribution in [1.29, 1.82) is 0 Å². The third-order valence-electron chi connectivity index (χ3n) is 8.74. The van der Waals surface area contributed by atoms with Gasteiger partial charge in [-0.25, -0.2) is 14.7 Å². The summed E-state index contributed by atoms with van der Waals surface area (Å²) in [6.07, 6.45) is 4.01. The van der Waals surface area contributed by atoms with E-state index in [0.717, 1.165) is 23.3 Å². The smallest absolute Gasteiger partial charge is 0.281 e. The molecule has 10 nitrogen and oxygen atoms in total. The molecule has 0 radical (unpaired) electrons. The zero-order chi connectivity index (χ0) is 32.8. The van der Waals surface area contributed by atoms with Gasteiger partial charge in [0.2, 0.25) is 5.91 Å². The number of pyridine rings is 2. The number of aromatic nitrogens is 2. The number of nitrogen functional groups attached to an aromatic ring is 1. The number of carbonyl (C=O) groups excluding carboxylic acids is 2. The maximum Gasteiger partial charge on any atom is 0.281 e. The van der Waals surface area contributed by atoms with Crippen LogP contribution < -0.4 is 15.4 Å². The Morgan fingerprint density at radius 3 is 2.30 bits per heavy atom. The number of nitrogens with two attached hydrogens (primary N) is 1. The largest absolute Gasteiger partial charge is 0.384 e. The van der Waals surface area contributed by atoms with Crippen LogP contribution in [0.25, 0.3) is 5.57 Å². The van der Waals surface area contributed by atoms with Crippen molar-refractivity contribution >= 4 is 39.0 Å². The summed E-state index contributed by atoms with van der Waals surface area (Å²) in [6.45, 7) is 20.5. The molecule has 2 aromatic rings. The number of amides is 2. The van der Waals surface area contributed by atoms with E-state index in [0.29, 0.717) is 44.2 Å². The van der Waals surface area contributed by atoms with Gasteiger partial charge in [0.15, 0.2) is 5.03 Å². The van der Waals surface area contributed by atoms with Gasteiger partial charge in [-0.1, -0.05) is 60.6 Å². The van der Waals surface area contributed by atoms with E-state index in [1.807, 2.05) is 11.0 Å². The second-order valence-corrected chi connectivity index (χ2v) is 16.5. The first-order valence-electron chi connectivity index (χ1n) is 15.3. The van der Waals surface area contributed by atoms with E-state index in [-0.39, 0.29) is 38.7 Å². The minimum Gasteiger partial charge on any atom is -0.384 e. The monoisotopic (exact) mass is 624 g/mol. The molecule has 2 aliphatic rings. The van der Waals surface area contributed by atoms with E-state index in [1.54, 1.807) is 6.07 Å². The molecule has 1 fully saturated rings. The molecule has 240 valence electrons. The zero-order valence-electron chi connectivity index (χ0n) is 27.6.